The zero-order chi connectivity index (χ0) is 27.4. The largest absolute Gasteiger partial charge is 0.369 e. The fourth-order valence-electron chi connectivity index (χ4n) is 4.35. The molecule has 0 aliphatic rings. The van der Waals surface area contributed by atoms with Gasteiger partial charge in [-0.2, -0.15) is 9.89 Å². The Morgan fingerprint density at radius 3 is 2.45 bits per heavy atom. The minimum atomic E-state index is -0.676. The summed E-state index contributed by atoms with van der Waals surface area (Å²) < 4.78 is 27.1. The Labute approximate surface area is 218 Å². The van der Waals surface area contributed by atoms with Gasteiger partial charge >= 0.3 is 5.69 Å². The molecule has 0 aliphatic carbocycles. The van der Waals surface area contributed by atoms with Crippen LogP contribution in [0.3, 0.4) is 0 Å². The van der Waals surface area contributed by atoms with Gasteiger partial charge in [-0.15, -0.1) is 0 Å². The second-order valence-electron chi connectivity index (χ2n) is 9.35. The number of halogens is 2. The maximum Gasteiger partial charge on any atom is 0.305 e. The van der Waals surface area contributed by atoms with E-state index in [4.69, 9.17) is 0 Å². The van der Waals surface area contributed by atoms with Crippen molar-refractivity contribution in [3.63, 3.8) is 0 Å². The van der Waals surface area contributed by atoms with Gasteiger partial charge in [0.05, 0.1) is 16.6 Å². The number of nitro groups is 1. The number of carbonyl (C=O) groups excluding carboxylic acids is 1. The van der Waals surface area contributed by atoms with Gasteiger partial charge in [0.1, 0.15) is 22.9 Å². The quantitative estimate of drug-likeness (QED) is 0.242. The lowest BCUT2D eigenvalue weighted by atomic mass is 10.0. The van der Waals surface area contributed by atoms with Gasteiger partial charge in [-0.05, 0) is 81.0 Å². The first-order valence-electron chi connectivity index (χ1n) is 12.0. The van der Waals surface area contributed by atoms with Crippen LogP contribution in [0, 0.1) is 21.7 Å². The molecule has 4 aromatic rings. The van der Waals surface area contributed by atoms with Crippen molar-refractivity contribution in [3.8, 4) is 0 Å². The number of hydrogen-bond acceptors (Lipinski definition) is 6. The topological polar surface area (TPSA) is 96.5 Å². The van der Waals surface area contributed by atoms with Crippen LogP contribution in [-0.2, 0) is 6.42 Å². The number of benzene rings is 3. The predicted octanol–water partition coefficient (Wildman–Crippen LogP) is 4.59. The molecule has 0 aliphatic heterocycles. The van der Waals surface area contributed by atoms with E-state index in [-0.39, 0.29) is 11.3 Å². The first kappa shape index (κ1) is 26.7. The molecule has 9 nitrogen and oxygen atoms in total. The first-order chi connectivity index (χ1) is 18.1. The van der Waals surface area contributed by atoms with Crippen LogP contribution in [0.15, 0.2) is 60.8 Å². The van der Waals surface area contributed by atoms with Crippen LogP contribution in [0.4, 0.5) is 20.2 Å². The van der Waals surface area contributed by atoms with Crippen molar-refractivity contribution < 1.29 is 18.5 Å². The van der Waals surface area contributed by atoms with Crippen LogP contribution in [0.5, 0.6) is 0 Å². The Hall–Kier alpha value is -4.38. The Kier molecular flexibility index (Phi) is 7.96. The highest BCUT2D eigenvalue weighted by Crippen LogP contribution is 2.31. The Morgan fingerprint density at radius 1 is 1.03 bits per heavy atom. The van der Waals surface area contributed by atoms with Crippen LogP contribution in [0.25, 0.3) is 10.9 Å². The highest BCUT2D eigenvalue weighted by molar-refractivity contribution is 6.05. The summed E-state index contributed by atoms with van der Waals surface area (Å²) in [4.78, 5) is 29.7. The van der Waals surface area contributed by atoms with Gasteiger partial charge < -0.3 is 9.80 Å². The second kappa shape index (κ2) is 11.3. The van der Waals surface area contributed by atoms with E-state index < -0.39 is 22.5 Å². The SMILES string of the molecule is CN(C)CCCN(C)c1cccc(C(=O)Nn2ncc3cc(Cc4cc(F)cc(F)c4)ccc32)c1[N+](=O)[O-]. The first-order valence-corrected chi connectivity index (χ1v) is 12.0. The zero-order valence-electron chi connectivity index (χ0n) is 21.3. The minimum Gasteiger partial charge on any atom is -0.369 e. The summed E-state index contributed by atoms with van der Waals surface area (Å²) in [6.07, 6.45) is 2.64. The van der Waals surface area contributed by atoms with Crippen LogP contribution in [0.1, 0.15) is 27.9 Å². The summed E-state index contributed by atoms with van der Waals surface area (Å²) in [5, 5.41) is 16.9. The van der Waals surface area contributed by atoms with E-state index in [1.54, 1.807) is 42.3 Å². The third-order valence-corrected chi connectivity index (χ3v) is 6.12. The molecule has 11 heteroatoms. The van der Waals surface area contributed by atoms with E-state index >= 15 is 0 Å². The lowest BCUT2D eigenvalue weighted by molar-refractivity contribution is -0.384. The smallest absolute Gasteiger partial charge is 0.305 e. The molecule has 1 aromatic heterocycles. The Bertz CT molecular complexity index is 1470. The molecule has 0 radical (unpaired) electrons. The fraction of sp³-hybridized carbons (Fsp3) is 0.259. The number of nitro benzene ring substituents is 1. The van der Waals surface area contributed by atoms with Crippen molar-refractivity contribution in [1.82, 2.24) is 14.8 Å². The van der Waals surface area contributed by atoms with Gasteiger partial charge in [0.15, 0.2) is 0 Å². The van der Waals surface area contributed by atoms with E-state index in [0.29, 0.717) is 35.1 Å². The molecule has 0 saturated heterocycles. The lowest BCUT2D eigenvalue weighted by Crippen LogP contribution is -2.27. The lowest BCUT2D eigenvalue weighted by Gasteiger charge is -2.21. The summed E-state index contributed by atoms with van der Waals surface area (Å²) in [5.74, 6) is -1.96. The number of carbonyl (C=O) groups is 1. The number of nitrogens with zero attached hydrogens (tertiary/aromatic N) is 5. The Morgan fingerprint density at radius 2 is 1.76 bits per heavy atom. The molecule has 4 rings (SSSR count). The van der Waals surface area contributed by atoms with Gasteiger partial charge in [-0.25, -0.2) is 14.2 Å². The van der Waals surface area contributed by atoms with E-state index in [1.165, 1.54) is 29.2 Å². The van der Waals surface area contributed by atoms with Crippen molar-refractivity contribution in [2.45, 2.75) is 12.8 Å². The average Bonchev–Trinajstić information content (AvgIpc) is 3.24. The molecule has 1 heterocycles. The summed E-state index contributed by atoms with van der Waals surface area (Å²) in [7, 11) is 5.67. The van der Waals surface area contributed by atoms with Gasteiger partial charge in [0.2, 0.25) is 0 Å². The molecule has 0 saturated carbocycles. The van der Waals surface area contributed by atoms with Crippen molar-refractivity contribution in [1.29, 1.82) is 0 Å². The molecule has 198 valence electrons. The maximum absolute atomic E-state index is 13.5. The molecule has 3 aromatic carbocycles. The monoisotopic (exact) mass is 522 g/mol. The molecule has 38 heavy (non-hydrogen) atoms. The van der Waals surface area contributed by atoms with Gasteiger partial charge in [0, 0.05) is 25.0 Å². The number of rotatable bonds is 10. The van der Waals surface area contributed by atoms with Crippen LogP contribution < -0.4 is 10.3 Å². The third-order valence-electron chi connectivity index (χ3n) is 6.12. The van der Waals surface area contributed by atoms with Crippen molar-refractivity contribution in [2.75, 3.05) is 44.6 Å². The molecule has 1 N–H and O–H groups in total. The van der Waals surface area contributed by atoms with E-state index in [1.807, 2.05) is 19.0 Å². The summed E-state index contributed by atoms with van der Waals surface area (Å²) in [6.45, 7) is 1.41. The van der Waals surface area contributed by atoms with Crippen LogP contribution >= 0.6 is 0 Å². The molecule has 0 spiro atoms. The van der Waals surface area contributed by atoms with Crippen molar-refractivity contribution in [3.05, 3.63) is 99.2 Å². The van der Waals surface area contributed by atoms with Crippen molar-refractivity contribution in [2.24, 2.45) is 0 Å². The number of anilines is 1. The van der Waals surface area contributed by atoms with E-state index in [0.717, 1.165) is 24.6 Å². The molecular formula is C27H28F2N6O3. The highest BCUT2D eigenvalue weighted by atomic mass is 19.1. The molecule has 0 unspecified atom stereocenters. The number of amides is 1. The van der Waals surface area contributed by atoms with Crippen LogP contribution in [-0.4, -0.2) is 59.9 Å². The molecule has 0 fully saturated rings. The number of para-hydroxylation sites is 1. The molecule has 1 amide bonds. The molecular weight excluding hydrogens is 494 g/mol. The van der Waals surface area contributed by atoms with Crippen LogP contribution in [0.2, 0.25) is 0 Å². The third kappa shape index (κ3) is 6.12. The Balaban J connectivity index is 1.55. The predicted molar refractivity (Wildman–Crippen MR) is 142 cm³/mol. The summed E-state index contributed by atoms with van der Waals surface area (Å²) >= 11 is 0. The fourth-order valence-corrected chi connectivity index (χ4v) is 4.35. The van der Waals surface area contributed by atoms with Gasteiger partial charge in [-0.1, -0.05) is 12.1 Å². The van der Waals surface area contributed by atoms with Crippen molar-refractivity contribution >= 4 is 28.2 Å². The highest BCUT2D eigenvalue weighted by Gasteiger charge is 2.27. The summed E-state index contributed by atoms with van der Waals surface area (Å²) in [5.41, 5.74) is 4.46. The molecule has 0 bridgehead atoms. The summed E-state index contributed by atoms with van der Waals surface area (Å²) in [6, 6.07) is 13.3. The van der Waals surface area contributed by atoms with Gasteiger partial charge in [-0.3, -0.25) is 14.9 Å². The number of aromatic nitrogens is 2. The standard InChI is InChI=1S/C27H28F2N6O3/c1-32(2)10-5-11-33(3)25-7-4-6-23(26(25)35(37)38)27(36)31-34-24-9-8-18(13-20(24)17-30-34)12-19-14-21(28)16-22(29)15-19/h4,6-9,13-17H,5,10-12H2,1-3H3,(H,31,36). The molecule has 0 atom stereocenters. The van der Waals surface area contributed by atoms with E-state index in [9.17, 15) is 23.7 Å². The number of hydrogen-bond donors (Lipinski definition) is 1. The van der Waals surface area contributed by atoms with E-state index in [2.05, 4.69) is 10.5 Å². The zero-order valence-corrected chi connectivity index (χ0v) is 21.3. The average molecular weight is 523 g/mol. The van der Waals surface area contributed by atoms with Gasteiger partial charge in [0.25, 0.3) is 5.91 Å². The normalized spacial score (nSPS) is 11.2. The minimum absolute atomic E-state index is 0.0830. The number of nitrogens with one attached hydrogen (secondary N) is 1. The second-order valence-corrected chi connectivity index (χ2v) is 9.35. The number of fused-ring (bicyclic) bond motifs is 1. The maximum atomic E-state index is 13.5.